The smallest absolute Gasteiger partial charge is 0.317 e. The van der Waals surface area contributed by atoms with Crippen molar-refractivity contribution < 1.29 is 9.59 Å². The van der Waals surface area contributed by atoms with Crippen LogP contribution in [-0.4, -0.2) is 54.0 Å². The lowest BCUT2D eigenvalue weighted by Crippen LogP contribution is -2.54. The second-order valence-electron chi connectivity index (χ2n) is 6.17. The van der Waals surface area contributed by atoms with Crippen molar-refractivity contribution in [3.63, 3.8) is 0 Å². The molecule has 1 aliphatic heterocycles. The number of rotatable bonds is 2. The van der Waals surface area contributed by atoms with Crippen LogP contribution in [0.15, 0.2) is 12.1 Å². The number of nitrogens with one attached hydrogen (secondary N) is 1. The maximum atomic E-state index is 12.4. The maximum Gasteiger partial charge on any atom is 0.317 e. The van der Waals surface area contributed by atoms with Gasteiger partial charge in [-0.2, -0.15) is 0 Å². The third-order valence-electron chi connectivity index (χ3n) is 4.57. The Hall–Kier alpha value is -1.27. The predicted octanol–water partition coefficient (Wildman–Crippen LogP) is 3.20. The highest BCUT2D eigenvalue weighted by Gasteiger charge is 2.27. The van der Waals surface area contributed by atoms with Crippen LogP contribution in [0.2, 0.25) is 4.34 Å². The number of hydrogen-bond acceptors (Lipinski definition) is 3. The van der Waals surface area contributed by atoms with Crippen molar-refractivity contribution in [1.29, 1.82) is 0 Å². The Morgan fingerprint density at radius 3 is 2.30 bits per heavy atom. The lowest BCUT2D eigenvalue weighted by atomic mass is 9.96. The second-order valence-corrected chi connectivity index (χ2v) is 7.88. The molecule has 1 saturated heterocycles. The van der Waals surface area contributed by atoms with Crippen LogP contribution in [0.1, 0.15) is 41.8 Å². The van der Waals surface area contributed by atoms with E-state index in [1.54, 1.807) is 17.0 Å². The van der Waals surface area contributed by atoms with Crippen LogP contribution in [0.4, 0.5) is 4.79 Å². The number of amides is 3. The highest BCUT2D eigenvalue weighted by molar-refractivity contribution is 7.17. The number of carbonyl (C=O) groups is 2. The summed E-state index contributed by atoms with van der Waals surface area (Å²) in [5, 5.41) is 3.14. The molecule has 7 heteroatoms. The van der Waals surface area contributed by atoms with Gasteiger partial charge in [0.15, 0.2) is 0 Å². The van der Waals surface area contributed by atoms with E-state index in [-0.39, 0.29) is 11.9 Å². The van der Waals surface area contributed by atoms with Gasteiger partial charge in [-0.15, -0.1) is 11.3 Å². The molecule has 0 spiro atoms. The van der Waals surface area contributed by atoms with Crippen LogP contribution in [0.5, 0.6) is 0 Å². The zero-order valence-electron chi connectivity index (χ0n) is 13.1. The zero-order chi connectivity index (χ0) is 16.2. The summed E-state index contributed by atoms with van der Waals surface area (Å²) in [5.74, 6) is 0.00855. The molecule has 1 aromatic rings. The van der Waals surface area contributed by atoms with E-state index in [2.05, 4.69) is 5.32 Å². The van der Waals surface area contributed by atoms with Gasteiger partial charge >= 0.3 is 6.03 Å². The van der Waals surface area contributed by atoms with E-state index >= 15 is 0 Å². The van der Waals surface area contributed by atoms with Crippen LogP contribution in [0, 0.1) is 0 Å². The van der Waals surface area contributed by atoms with Gasteiger partial charge in [0.05, 0.1) is 9.21 Å². The SMILES string of the molecule is O=C(NC1CCCCC1)N1CCN(C(=O)c2ccc(Cl)s2)CC1. The third-order valence-corrected chi connectivity index (χ3v) is 5.79. The topological polar surface area (TPSA) is 52.7 Å². The van der Waals surface area contributed by atoms with Gasteiger partial charge in [-0.25, -0.2) is 4.79 Å². The largest absolute Gasteiger partial charge is 0.335 e. The zero-order valence-corrected chi connectivity index (χ0v) is 14.7. The molecule has 1 saturated carbocycles. The Balaban J connectivity index is 1.47. The summed E-state index contributed by atoms with van der Waals surface area (Å²) in [6, 6.07) is 3.84. The van der Waals surface area contributed by atoms with E-state index < -0.39 is 0 Å². The van der Waals surface area contributed by atoms with Crippen LogP contribution < -0.4 is 5.32 Å². The van der Waals surface area contributed by atoms with Crippen molar-refractivity contribution in [2.75, 3.05) is 26.2 Å². The van der Waals surface area contributed by atoms with Gasteiger partial charge in [-0.05, 0) is 25.0 Å². The summed E-state index contributed by atoms with van der Waals surface area (Å²) in [6.45, 7) is 2.33. The normalized spacial score (nSPS) is 19.7. The van der Waals surface area contributed by atoms with E-state index in [1.165, 1.54) is 30.6 Å². The molecule has 0 aromatic carbocycles. The molecule has 2 heterocycles. The average molecular weight is 356 g/mol. The number of hydrogen-bond donors (Lipinski definition) is 1. The van der Waals surface area contributed by atoms with Crippen LogP contribution in [0.25, 0.3) is 0 Å². The fourth-order valence-corrected chi connectivity index (χ4v) is 4.22. The van der Waals surface area contributed by atoms with Crippen LogP contribution in [-0.2, 0) is 0 Å². The molecule has 0 bridgehead atoms. The number of nitrogens with zero attached hydrogens (tertiary/aromatic N) is 2. The molecule has 5 nitrogen and oxygen atoms in total. The lowest BCUT2D eigenvalue weighted by molar-refractivity contribution is 0.0667. The maximum absolute atomic E-state index is 12.4. The summed E-state index contributed by atoms with van der Waals surface area (Å²) in [7, 11) is 0. The first-order valence-corrected chi connectivity index (χ1v) is 9.43. The molecule has 3 amide bonds. The Labute approximate surface area is 145 Å². The summed E-state index contributed by atoms with van der Waals surface area (Å²) in [4.78, 5) is 29.0. The minimum Gasteiger partial charge on any atom is -0.335 e. The molecule has 23 heavy (non-hydrogen) atoms. The summed E-state index contributed by atoms with van der Waals surface area (Å²) < 4.78 is 0.624. The minimum atomic E-state index is 0.00855. The monoisotopic (exact) mass is 355 g/mol. The fraction of sp³-hybridized carbons (Fsp3) is 0.625. The first-order chi connectivity index (χ1) is 11.1. The molecule has 1 aliphatic carbocycles. The van der Waals surface area contributed by atoms with Crippen molar-refractivity contribution in [2.24, 2.45) is 0 Å². The molecule has 0 atom stereocenters. The quantitative estimate of drug-likeness (QED) is 0.885. The van der Waals surface area contributed by atoms with Crippen molar-refractivity contribution in [3.05, 3.63) is 21.3 Å². The number of halogens is 1. The highest BCUT2D eigenvalue weighted by atomic mass is 35.5. The molecule has 0 radical (unpaired) electrons. The van der Waals surface area contributed by atoms with Gasteiger partial charge in [0.25, 0.3) is 5.91 Å². The molecule has 3 rings (SSSR count). The molecule has 0 unspecified atom stereocenters. The molecule has 2 aliphatic rings. The van der Waals surface area contributed by atoms with Crippen molar-refractivity contribution in [1.82, 2.24) is 15.1 Å². The number of piperazine rings is 1. The van der Waals surface area contributed by atoms with E-state index in [4.69, 9.17) is 11.6 Å². The predicted molar refractivity (Wildman–Crippen MR) is 92.2 cm³/mol. The fourth-order valence-electron chi connectivity index (χ4n) is 3.21. The first kappa shape index (κ1) is 16.6. The van der Waals surface area contributed by atoms with Gasteiger partial charge in [-0.1, -0.05) is 30.9 Å². The Kier molecular flexibility index (Phi) is 5.43. The van der Waals surface area contributed by atoms with E-state index in [1.807, 2.05) is 4.90 Å². The Morgan fingerprint density at radius 1 is 1.04 bits per heavy atom. The lowest BCUT2D eigenvalue weighted by Gasteiger charge is -2.35. The highest BCUT2D eigenvalue weighted by Crippen LogP contribution is 2.23. The van der Waals surface area contributed by atoms with Crippen LogP contribution in [0.3, 0.4) is 0 Å². The van der Waals surface area contributed by atoms with Gasteiger partial charge < -0.3 is 15.1 Å². The van der Waals surface area contributed by atoms with Gasteiger partial charge in [0.1, 0.15) is 0 Å². The van der Waals surface area contributed by atoms with Crippen LogP contribution >= 0.6 is 22.9 Å². The molecular weight excluding hydrogens is 334 g/mol. The number of urea groups is 1. The summed E-state index contributed by atoms with van der Waals surface area (Å²) in [6.07, 6.45) is 5.86. The number of carbonyl (C=O) groups excluding carboxylic acids is 2. The third kappa shape index (κ3) is 4.18. The summed E-state index contributed by atoms with van der Waals surface area (Å²) in [5.41, 5.74) is 0. The molecule has 1 aromatic heterocycles. The van der Waals surface area contributed by atoms with Gasteiger partial charge in [0.2, 0.25) is 0 Å². The molecule has 1 N–H and O–H groups in total. The summed E-state index contributed by atoms with van der Waals surface area (Å²) >= 11 is 7.19. The molecule has 2 fully saturated rings. The van der Waals surface area contributed by atoms with Gasteiger partial charge in [-0.3, -0.25) is 4.79 Å². The van der Waals surface area contributed by atoms with E-state index in [0.29, 0.717) is 41.4 Å². The Bertz CT molecular complexity index is 563. The second kappa shape index (κ2) is 7.53. The van der Waals surface area contributed by atoms with Gasteiger partial charge in [0, 0.05) is 32.2 Å². The standard InChI is InChI=1S/C16H22ClN3O2S/c17-14-7-6-13(23-14)15(21)19-8-10-20(11-9-19)16(22)18-12-4-2-1-3-5-12/h6-7,12H,1-5,8-11H2,(H,18,22). The average Bonchev–Trinajstić information content (AvgIpc) is 3.02. The molecule has 126 valence electrons. The molecular formula is C16H22ClN3O2S. The van der Waals surface area contributed by atoms with Crippen molar-refractivity contribution in [2.45, 2.75) is 38.1 Å². The van der Waals surface area contributed by atoms with Crippen molar-refractivity contribution in [3.8, 4) is 0 Å². The van der Waals surface area contributed by atoms with E-state index in [0.717, 1.165) is 12.8 Å². The first-order valence-electron chi connectivity index (χ1n) is 8.23. The minimum absolute atomic E-state index is 0.00855. The number of thiophene rings is 1. The van der Waals surface area contributed by atoms with Crippen molar-refractivity contribution >= 4 is 34.9 Å². The van der Waals surface area contributed by atoms with E-state index in [9.17, 15) is 9.59 Å². The Morgan fingerprint density at radius 2 is 1.70 bits per heavy atom.